The SMILES string of the molecule is Nc1cc(Br)ccc1NC(=O)c1ccc(Cl)cc1. The second-order valence-corrected chi connectivity index (χ2v) is 5.04. The molecule has 18 heavy (non-hydrogen) atoms. The lowest BCUT2D eigenvalue weighted by Crippen LogP contribution is -2.12. The van der Waals surface area contributed by atoms with Gasteiger partial charge in [-0.3, -0.25) is 4.79 Å². The molecule has 0 heterocycles. The molecule has 0 atom stereocenters. The number of halogens is 2. The molecule has 0 unspecified atom stereocenters. The summed E-state index contributed by atoms with van der Waals surface area (Å²) in [6.07, 6.45) is 0. The normalized spacial score (nSPS) is 10.1. The van der Waals surface area contributed by atoms with Crippen LogP contribution in [0, 0.1) is 0 Å². The maximum atomic E-state index is 11.9. The zero-order valence-corrected chi connectivity index (χ0v) is 11.6. The maximum Gasteiger partial charge on any atom is 0.255 e. The van der Waals surface area contributed by atoms with Crippen molar-refractivity contribution in [2.45, 2.75) is 0 Å². The molecule has 2 aromatic rings. The van der Waals surface area contributed by atoms with Gasteiger partial charge in [0, 0.05) is 15.1 Å². The Morgan fingerprint density at radius 3 is 2.44 bits per heavy atom. The summed E-state index contributed by atoms with van der Waals surface area (Å²) in [4.78, 5) is 11.9. The van der Waals surface area contributed by atoms with E-state index in [1.54, 1.807) is 36.4 Å². The van der Waals surface area contributed by atoms with Crippen molar-refractivity contribution in [2.75, 3.05) is 11.1 Å². The Balaban J connectivity index is 2.18. The van der Waals surface area contributed by atoms with Crippen LogP contribution < -0.4 is 11.1 Å². The van der Waals surface area contributed by atoms with E-state index in [1.807, 2.05) is 6.07 Å². The summed E-state index contributed by atoms with van der Waals surface area (Å²) in [6.45, 7) is 0. The van der Waals surface area contributed by atoms with Gasteiger partial charge in [0.05, 0.1) is 11.4 Å². The molecular formula is C13H10BrClN2O. The summed E-state index contributed by atoms with van der Waals surface area (Å²) < 4.78 is 0.865. The maximum absolute atomic E-state index is 11.9. The van der Waals surface area contributed by atoms with Crippen LogP contribution in [0.15, 0.2) is 46.9 Å². The highest BCUT2D eigenvalue weighted by atomic mass is 79.9. The van der Waals surface area contributed by atoms with E-state index in [0.29, 0.717) is 22.0 Å². The van der Waals surface area contributed by atoms with E-state index in [0.717, 1.165) is 4.47 Å². The lowest BCUT2D eigenvalue weighted by Gasteiger charge is -2.08. The molecule has 0 bridgehead atoms. The molecule has 1 amide bonds. The highest BCUT2D eigenvalue weighted by Crippen LogP contribution is 2.23. The van der Waals surface area contributed by atoms with E-state index in [2.05, 4.69) is 21.2 Å². The Morgan fingerprint density at radius 1 is 1.17 bits per heavy atom. The van der Waals surface area contributed by atoms with Gasteiger partial charge in [0.15, 0.2) is 0 Å². The molecule has 0 aliphatic rings. The lowest BCUT2D eigenvalue weighted by molar-refractivity contribution is 0.102. The zero-order valence-electron chi connectivity index (χ0n) is 9.28. The van der Waals surface area contributed by atoms with Gasteiger partial charge in [0.1, 0.15) is 0 Å². The second-order valence-electron chi connectivity index (χ2n) is 3.69. The molecule has 0 aliphatic carbocycles. The van der Waals surface area contributed by atoms with Crippen molar-refractivity contribution in [3.05, 3.63) is 57.5 Å². The molecule has 0 aromatic heterocycles. The topological polar surface area (TPSA) is 55.1 Å². The van der Waals surface area contributed by atoms with Crippen LogP contribution in [0.4, 0.5) is 11.4 Å². The van der Waals surface area contributed by atoms with Gasteiger partial charge in [-0.2, -0.15) is 0 Å². The number of hydrogen-bond acceptors (Lipinski definition) is 2. The number of nitrogens with one attached hydrogen (secondary N) is 1. The minimum atomic E-state index is -0.222. The average Bonchev–Trinajstić information content (AvgIpc) is 2.33. The van der Waals surface area contributed by atoms with Gasteiger partial charge in [0.25, 0.3) is 5.91 Å². The largest absolute Gasteiger partial charge is 0.397 e. The van der Waals surface area contributed by atoms with Gasteiger partial charge in [-0.05, 0) is 42.5 Å². The van der Waals surface area contributed by atoms with Gasteiger partial charge >= 0.3 is 0 Å². The molecule has 3 nitrogen and oxygen atoms in total. The Kier molecular flexibility index (Phi) is 3.89. The van der Waals surface area contributed by atoms with Gasteiger partial charge in [-0.25, -0.2) is 0 Å². The fraction of sp³-hybridized carbons (Fsp3) is 0. The Hall–Kier alpha value is -1.52. The smallest absolute Gasteiger partial charge is 0.255 e. The highest BCUT2D eigenvalue weighted by molar-refractivity contribution is 9.10. The van der Waals surface area contributed by atoms with Crippen LogP contribution in [0.1, 0.15) is 10.4 Å². The molecule has 3 N–H and O–H groups in total. The summed E-state index contributed by atoms with van der Waals surface area (Å²) in [7, 11) is 0. The van der Waals surface area contributed by atoms with Crippen LogP contribution in [0.25, 0.3) is 0 Å². The first-order valence-corrected chi connectivity index (χ1v) is 6.35. The van der Waals surface area contributed by atoms with E-state index < -0.39 is 0 Å². The van der Waals surface area contributed by atoms with Crippen LogP contribution in [0.5, 0.6) is 0 Å². The Labute approximate surface area is 118 Å². The van der Waals surface area contributed by atoms with Gasteiger partial charge in [-0.15, -0.1) is 0 Å². The highest BCUT2D eigenvalue weighted by Gasteiger charge is 2.08. The number of anilines is 2. The van der Waals surface area contributed by atoms with Crippen molar-refractivity contribution in [2.24, 2.45) is 0 Å². The zero-order chi connectivity index (χ0) is 13.1. The number of rotatable bonds is 2. The third kappa shape index (κ3) is 3.03. The molecule has 92 valence electrons. The van der Waals surface area contributed by atoms with Crippen LogP contribution in [0.2, 0.25) is 5.02 Å². The van der Waals surface area contributed by atoms with Crippen molar-refractivity contribution in [3.8, 4) is 0 Å². The first-order chi connectivity index (χ1) is 8.56. The number of carbonyl (C=O) groups excluding carboxylic acids is 1. The predicted molar refractivity (Wildman–Crippen MR) is 78.0 cm³/mol. The third-order valence-corrected chi connectivity index (χ3v) is 3.11. The van der Waals surface area contributed by atoms with Crippen molar-refractivity contribution in [3.63, 3.8) is 0 Å². The number of carbonyl (C=O) groups is 1. The minimum Gasteiger partial charge on any atom is -0.397 e. The predicted octanol–water partition coefficient (Wildman–Crippen LogP) is 3.94. The fourth-order valence-electron chi connectivity index (χ4n) is 1.44. The van der Waals surface area contributed by atoms with Crippen LogP contribution in [-0.2, 0) is 0 Å². The summed E-state index contributed by atoms with van der Waals surface area (Å²) in [6, 6.07) is 11.9. The van der Waals surface area contributed by atoms with Crippen LogP contribution in [0.3, 0.4) is 0 Å². The van der Waals surface area contributed by atoms with Gasteiger partial charge in [0.2, 0.25) is 0 Å². The quantitative estimate of drug-likeness (QED) is 0.822. The van der Waals surface area contributed by atoms with Crippen molar-refractivity contribution >= 4 is 44.8 Å². The van der Waals surface area contributed by atoms with Crippen molar-refractivity contribution in [1.82, 2.24) is 0 Å². The summed E-state index contributed by atoms with van der Waals surface area (Å²) in [5.41, 5.74) is 7.42. The molecule has 0 saturated heterocycles. The van der Waals surface area contributed by atoms with E-state index in [9.17, 15) is 4.79 Å². The summed E-state index contributed by atoms with van der Waals surface area (Å²) in [5.74, 6) is -0.222. The molecular weight excluding hydrogens is 316 g/mol. The molecule has 0 saturated carbocycles. The molecule has 2 aromatic carbocycles. The van der Waals surface area contributed by atoms with E-state index in [4.69, 9.17) is 17.3 Å². The van der Waals surface area contributed by atoms with E-state index in [1.165, 1.54) is 0 Å². The van der Waals surface area contributed by atoms with Crippen molar-refractivity contribution < 1.29 is 4.79 Å². The fourth-order valence-corrected chi connectivity index (χ4v) is 1.95. The summed E-state index contributed by atoms with van der Waals surface area (Å²) >= 11 is 9.07. The van der Waals surface area contributed by atoms with Crippen molar-refractivity contribution in [1.29, 1.82) is 0 Å². The summed E-state index contributed by atoms with van der Waals surface area (Å²) in [5, 5.41) is 3.34. The van der Waals surface area contributed by atoms with E-state index in [-0.39, 0.29) is 5.91 Å². The molecule has 0 aliphatic heterocycles. The number of amides is 1. The Morgan fingerprint density at radius 2 is 1.83 bits per heavy atom. The lowest BCUT2D eigenvalue weighted by atomic mass is 10.2. The van der Waals surface area contributed by atoms with Crippen LogP contribution >= 0.6 is 27.5 Å². The van der Waals surface area contributed by atoms with Gasteiger partial charge in [-0.1, -0.05) is 27.5 Å². The average molecular weight is 326 g/mol. The molecule has 2 rings (SSSR count). The number of nitrogens with two attached hydrogens (primary N) is 1. The molecule has 0 fully saturated rings. The number of nitrogen functional groups attached to an aromatic ring is 1. The standard InChI is InChI=1S/C13H10BrClN2O/c14-9-3-6-12(11(16)7-9)17-13(18)8-1-4-10(15)5-2-8/h1-7H,16H2,(H,17,18). The first kappa shape index (κ1) is 12.9. The third-order valence-electron chi connectivity index (χ3n) is 2.37. The van der Waals surface area contributed by atoms with Gasteiger partial charge < -0.3 is 11.1 Å². The number of benzene rings is 2. The monoisotopic (exact) mass is 324 g/mol. The number of hydrogen-bond donors (Lipinski definition) is 2. The molecule has 0 radical (unpaired) electrons. The van der Waals surface area contributed by atoms with Crippen LogP contribution in [-0.4, -0.2) is 5.91 Å². The second kappa shape index (κ2) is 5.42. The first-order valence-electron chi connectivity index (χ1n) is 5.18. The minimum absolute atomic E-state index is 0.222. The Bertz CT molecular complexity index is 584. The molecule has 5 heteroatoms. The molecule has 0 spiro atoms. The van der Waals surface area contributed by atoms with E-state index >= 15 is 0 Å².